The van der Waals surface area contributed by atoms with Gasteiger partial charge in [-0.3, -0.25) is 9.78 Å². The first kappa shape index (κ1) is 15.7. The van der Waals surface area contributed by atoms with E-state index in [1.165, 1.54) is 25.5 Å². The van der Waals surface area contributed by atoms with Gasteiger partial charge in [-0.15, -0.1) is 0 Å². The molecule has 1 fully saturated rings. The average molecular weight is 314 g/mol. The summed E-state index contributed by atoms with van der Waals surface area (Å²) in [5.41, 5.74) is 0.719. The van der Waals surface area contributed by atoms with Gasteiger partial charge < -0.3 is 9.72 Å². The summed E-state index contributed by atoms with van der Waals surface area (Å²) in [5.74, 6) is 0.480. The summed E-state index contributed by atoms with van der Waals surface area (Å²) >= 11 is 0. The number of aromatic amines is 2. The van der Waals surface area contributed by atoms with E-state index >= 15 is 0 Å². The number of ether oxygens (including phenoxy) is 1. The van der Waals surface area contributed by atoms with Crippen LogP contribution in [0.2, 0.25) is 0 Å². The lowest BCUT2D eigenvalue weighted by Gasteiger charge is -2.30. The van der Waals surface area contributed by atoms with Crippen LogP contribution in [0, 0.1) is 5.92 Å². The summed E-state index contributed by atoms with van der Waals surface area (Å²) in [4.78, 5) is 27.6. The van der Waals surface area contributed by atoms with Crippen LogP contribution in [0.5, 0.6) is 0 Å². The van der Waals surface area contributed by atoms with Crippen molar-refractivity contribution in [2.24, 2.45) is 5.92 Å². The fraction of sp³-hybridized carbons (Fsp3) is 0.444. The topological polar surface area (TPSA) is 75.0 Å². The standard InChI is InChI=1S/C18H22N2O3/c21-17-15(11-19-18(22)20-17)12-23-16(13-7-3-1-4-8-13)14-9-5-2-6-10-14/h1,3-4,7-8,11,14,16H,2,5-6,9-10,12H2,(H2,19,20,21,22). The molecule has 1 heterocycles. The molecule has 122 valence electrons. The summed E-state index contributed by atoms with van der Waals surface area (Å²) in [5, 5.41) is 0. The van der Waals surface area contributed by atoms with Gasteiger partial charge in [0.05, 0.1) is 18.3 Å². The summed E-state index contributed by atoms with van der Waals surface area (Å²) in [6, 6.07) is 10.2. The number of rotatable bonds is 5. The normalized spacial score (nSPS) is 17.0. The van der Waals surface area contributed by atoms with Gasteiger partial charge in [0, 0.05) is 6.20 Å². The van der Waals surface area contributed by atoms with Gasteiger partial charge in [-0.05, 0) is 24.3 Å². The minimum absolute atomic E-state index is 0.0113. The van der Waals surface area contributed by atoms with Crippen molar-refractivity contribution in [3.63, 3.8) is 0 Å². The molecule has 0 amide bonds. The number of nitrogens with one attached hydrogen (secondary N) is 2. The van der Waals surface area contributed by atoms with Gasteiger partial charge in [0.15, 0.2) is 0 Å². The Morgan fingerprint density at radius 3 is 2.52 bits per heavy atom. The molecule has 1 aromatic carbocycles. The minimum Gasteiger partial charge on any atom is -0.368 e. The van der Waals surface area contributed by atoms with Crippen molar-refractivity contribution >= 4 is 0 Å². The largest absolute Gasteiger partial charge is 0.368 e. The second-order valence-electron chi connectivity index (χ2n) is 6.14. The molecule has 23 heavy (non-hydrogen) atoms. The number of aromatic nitrogens is 2. The molecule has 2 aromatic rings. The molecule has 1 aromatic heterocycles. The Labute approximate surface area is 134 Å². The van der Waals surface area contributed by atoms with Crippen molar-refractivity contribution in [1.29, 1.82) is 0 Å². The third kappa shape index (κ3) is 3.99. The number of hydrogen-bond acceptors (Lipinski definition) is 3. The first-order chi connectivity index (χ1) is 11.2. The fourth-order valence-electron chi connectivity index (χ4n) is 3.31. The predicted octanol–water partition coefficient (Wildman–Crippen LogP) is 2.90. The highest BCUT2D eigenvalue weighted by atomic mass is 16.5. The quantitative estimate of drug-likeness (QED) is 0.891. The first-order valence-corrected chi connectivity index (χ1v) is 8.21. The van der Waals surface area contributed by atoms with Crippen molar-refractivity contribution in [3.05, 3.63) is 68.5 Å². The van der Waals surface area contributed by atoms with Crippen molar-refractivity contribution in [3.8, 4) is 0 Å². The van der Waals surface area contributed by atoms with E-state index in [1.54, 1.807) is 0 Å². The molecule has 3 rings (SSSR count). The van der Waals surface area contributed by atoms with E-state index in [9.17, 15) is 9.59 Å². The maximum Gasteiger partial charge on any atom is 0.325 e. The molecule has 1 atom stereocenters. The van der Waals surface area contributed by atoms with Crippen LogP contribution in [0.15, 0.2) is 46.1 Å². The molecule has 0 saturated heterocycles. The van der Waals surface area contributed by atoms with Gasteiger partial charge in [0.25, 0.3) is 5.56 Å². The third-order valence-corrected chi connectivity index (χ3v) is 4.52. The average Bonchev–Trinajstić information content (AvgIpc) is 2.59. The zero-order chi connectivity index (χ0) is 16.1. The predicted molar refractivity (Wildman–Crippen MR) is 88.2 cm³/mol. The highest BCUT2D eigenvalue weighted by molar-refractivity contribution is 5.18. The number of H-pyrrole nitrogens is 2. The summed E-state index contributed by atoms with van der Waals surface area (Å²) in [6.07, 6.45) is 7.49. The van der Waals surface area contributed by atoms with Crippen LogP contribution >= 0.6 is 0 Å². The van der Waals surface area contributed by atoms with Crippen LogP contribution in [0.3, 0.4) is 0 Å². The summed E-state index contributed by atoms with van der Waals surface area (Å²) in [7, 11) is 0. The molecule has 0 bridgehead atoms. The Morgan fingerprint density at radius 1 is 1.09 bits per heavy atom. The monoisotopic (exact) mass is 314 g/mol. The van der Waals surface area contributed by atoms with E-state index in [2.05, 4.69) is 22.1 Å². The lowest BCUT2D eigenvalue weighted by atomic mass is 9.82. The van der Waals surface area contributed by atoms with Crippen molar-refractivity contribution in [1.82, 2.24) is 9.97 Å². The van der Waals surface area contributed by atoms with Crippen molar-refractivity contribution in [2.45, 2.75) is 44.8 Å². The maximum absolute atomic E-state index is 11.8. The smallest absolute Gasteiger partial charge is 0.325 e. The van der Waals surface area contributed by atoms with E-state index in [0.29, 0.717) is 11.5 Å². The zero-order valence-corrected chi connectivity index (χ0v) is 13.1. The van der Waals surface area contributed by atoms with E-state index in [1.807, 2.05) is 18.2 Å². The van der Waals surface area contributed by atoms with Crippen LogP contribution in [0.4, 0.5) is 0 Å². The highest BCUT2D eigenvalue weighted by Crippen LogP contribution is 2.37. The van der Waals surface area contributed by atoms with Gasteiger partial charge in [-0.2, -0.15) is 0 Å². The lowest BCUT2D eigenvalue weighted by Crippen LogP contribution is -2.26. The molecule has 0 aliphatic heterocycles. The van der Waals surface area contributed by atoms with E-state index in [4.69, 9.17) is 4.74 Å². The van der Waals surface area contributed by atoms with Gasteiger partial charge in [-0.1, -0.05) is 49.6 Å². The molecule has 1 aliphatic rings. The van der Waals surface area contributed by atoms with Crippen molar-refractivity contribution in [2.75, 3.05) is 0 Å². The zero-order valence-electron chi connectivity index (χ0n) is 13.1. The molecular formula is C18H22N2O3. The Morgan fingerprint density at radius 2 is 1.83 bits per heavy atom. The molecule has 0 radical (unpaired) electrons. The molecule has 5 nitrogen and oxygen atoms in total. The van der Waals surface area contributed by atoms with Crippen LogP contribution in [-0.2, 0) is 11.3 Å². The van der Waals surface area contributed by atoms with E-state index < -0.39 is 5.69 Å². The fourth-order valence-corrected chi connectivity index (χ4v) is 3.31. The highest BCUT2D eigenvalue weighted by Gasteiger charge is 2.26. The Hall–Kier alpha value is -2.14. The van der Waals surface area contributed by atoms with Crippen LogP contribution in [0.25, 0.3) is 0 Å². The third-order valence-electron chi connectivity index (χ3n) is 4.52. The van der Waals surface area contributed by atoms with Crippen LogP contribution in [0.1, 0.15) is 49.3 Å². The Kier molecular flexibility index (Phi) is 5.08. The SMILES string of the molecule is O=c1[nH]cc(COC(c2ccccc2)C2CCCCC2)c(=O)[nH]1. The Bertz CT molecular complexity index is 730. The van der Waals surface area contributed by atoms with E-state index in [-0.39, 0.29) is 18.3 Å². The van der Waals surface area contributed by atoms with Crippen LogP contribution < -0.4 is 11.2 Å². The number of benzene rings is 1. The second kappa shape index (κ2) is 7.42. The van der Waals surface area contributed by atoms with E-state index in [0.717, 1.165) is 18.4 Å². The second-order valence-corrected chi connectivity index (χ2v) is 6.14. The van der Waals surface area contributed by atoms with Gasteiger partial charge >= 0.3 is 5.69 Å². The lowest BCUT2D eigenvalue weighted by molar-refractivity contribution is -0.0129. The van der Waals surface area contributed by atoms with Gasteiger partial charge in [0.1, 0.15) is 0 Å². The summed E-state index contributed by atoms with van der Waals surface area (Å²) < 4.78 is 6.13. The van der Waals surface area contributed by atoms with Gasteiger partial charge in [0.2, 0.25) is 0 Å². The molecule has 1 aliphatic carbocycles. The molecule has 5 heteroatoms. The van der Waals surface area contributed by atoms with Crippen LogP contribution in [-0.4, -0.2) is 9.97 Å². The first-order valence-electron chi connectivity index (χ1n) is 8.21. The van der Waals surface area contributed by atoms with Gasteiger partial charge in [-0.25, -0.2) is 4.79 Å². The van der Waals surface area contributed by atoms with Crippen molar-refractivity contribution < 1.29 is 4.74 Å². The summed E-state index contributed by atoms with van der Waals surface area (Å²) in [6.45, 7) is 0.197. The molecule has 2 N–H and O–H groups in total. The minimum atomic E-state index is -0.495. The molecule has 0 spiro atoms. The number of hydrogen-bond donors (Lipinski definition) is 2. The molecule has 1 unspecified atom stereocenters. The molecular weight excluding hydrogens is 292 g/mol. The maximum atomic E-state index is 11.8. The Balaban J connectivity index is 1.78. The molecule has 1 saturated carbocycles.